The second kappa shape index (κ2) is 23.3. The average molecular weight is 870 g/mol. The van der Waals surface area contributed by atoms with Crippen LogP contribution in [-0.2, 0) is 38.1 Å². The van der Waals surface area contributed by atoms with Gasteiger partial charge in [0.15, 0.2) is 6.29 Å². The highest BCUT2D eigenvalue weighted by Crippen LogP contribution is 2.39. The first-order valence-electron chi connectivity index (χ1n) is 23.2. The van der Waals surface area contributed by atoms with Gasteiger partial charge in [-0.25, -0.2) is 0 Å². The van der Waals surface area contributed by atoms with Crippen LogP contribution < -0.4 is 5.32 Å². The molecule has 4 rings (SSSR count). The summed E-state index contributed by atoms with van der Waals surface area (Å²) in [5.74, 6) is -4.21. The monoisotopic (exact) mass is 870 g/mol. The summed E-state index contributed by atoms with van der Waals surface area (Å²) in [4.78, 5) is 51.4. The molecule has 4 fully saturated rings. The maximum absolute atomic E-state index is 14.3. The lowest BCUT2D eigenvalue weighted by Gasteiger charge is -2.48. The number of aliphatic hydroxyl groups is 3. The summed E-state index contributed by atoms with van der Waals surface area (Å²) in [5, 5.41) is 37.5. The predicted octanol–water partition coefficient (Wildman–Crippen LogP) is 2.25. The molecule has 0 unspecified atom stereocenters. The van der Waals surface area contributed by atoms with Crippen molar-refractivity contribution in [1.82, 2.24) is 24.9 Å². The number of cyclic esters (lactones) is 1. The topological polar surface area (TPSA) is 183 Å². The van der Waals surface area contributed by atoms with Gasteiger partial charge in [-0.15, -0.1) is 0 Å². The van der Waals surface area contributed by atoms with Crippen LogP contribution in [0.1, 0.15) is 107 Å². The summed E-state index contributed by atoms with van der Waals surface area (Å²) >= 11 is 0. The fourth-order valence-electron chi connectivity index (χ4n) is 10.1. The normalized spacial score (nSPS) is 39.9. The fraction of sp³-hybridized carbons (Fsp3) is 0.933. The van der Waals surface area contributed by atoms with Crippen molar-refractivity contribution in [3.05, 3.63) is 0 Å². The van der Waals surface area contributed by atoms with E-state index >= 15 is 0 Å². The van der Waals surface area contributed by atoms with Crippen molar-refractivity contribution in [2.45, 2.75) is 173 Å². The van der Waals surface area contributed by atoms with Gasteiger partial charge in [-0.2, -0.15) is 0 Å². The maximum Gasteiger partial charge on any atom is 0.312 e. The van der Waals surface area contributed by atoms with E-state index in [0.717, 1.165) is 52.1 Å². The van der Waals surface area contributed by atoms with Crippen LogP contribution in [0.15, 0.2) is 0 Å². The summed E-state index contributed by atoms with van der Waals surface area (Å²) in [6, 6.07) is -1.21. The predicted molar refractivity (Wildman–Crippen MR) is 232 cm³/mol. The minimum Gasteiger partial charge on any atom is -0.461 e. The third-order valence-corrected chi connectivity index (χ3v) is 14.1. The van der Waals surface area contributed by atoms with E-state index in [2.05, 4.69) is 20.0 Å². The van der Waals surface area contributed by atoms with Crippen LogP contribution in [0.3, 0.4) is 0 Å². The third-order valence-electron chi connectivity index (χ3n) is 14.1. The largest absolute Gasteiger partial charge is 0.461 e. The number of ether oxygens (including phenoxy) is 5. The molecule has 0 bridgehead atoms. The van der Waals surface area contributed by atoms with Crippen LogP contribution in [-0.4, -0.2) is 199 Å². The zero-order valence-corrected chi connectivity index (χ0v) is 39.3. The molecule has 0 saturated carbocycles. The number of likely N-dealkylation sites (N-methyl/N-ethyl adjacent to an activating group) is 1. The van der Waals surface area contributed by atoms with E-state index in [-0.39, 0.29) is 31.4 Å². The molecule has 0 aromatic heterocycles. The Morgan fingerprint density at radius 3 is 2.10 bits per heavy atom. The molecule has 0 aromatic carbocycles. The quantitative estimate of drug-likeness (QED) is 0.198. The zero-order chi connectivity index (χ0) is 45.2. The van der Waals surface area contributed by atoms with E-state index in [1.165, 1.54) is 40.0 Å². The minimum absolute atomic E-state index is 0.0904. The molecular formula is C45H83N5O11. The molecule has 0 aromatic rings. The Hall–Kier alpha value is -1.99. The van der Waals surface area contributed by atoms with E-state index in [9.17, 15) is 29.7 Å². The molecule has 4 aliphatic heterocycles. The van der Waals surface area contributed by atoms with Crippen LogP contribution in [0.2, 0.25) is 0 Å². The molecule has 4 aliphatic rings. The van der Waals surface area contributed by atoms with Crippen molar-refractivity contribution in [3.63, 3.8) is 0 Å². The van der Waals surface area contributed by atoms with E-state index in [1.54, 1.807) is 41.5 Å². The van der Waals surface area contributed by atoms with Crippen LogP contribution in [0.5, 0.6) is 0 Å². The Balaban J connectivity index is 1.63. The maximum atomic E-state index is 14.3. The number of rotatable bonds is 13. The average Bonchev–Trinajstić information content (AvgIpc) is 3.64. The number of carbonyl (C=O) groups is 3. The SMILES string of the molecule is CC[C@H]1OC(=O)[C@H](C)[C@@H](OC(=O)CCN2CCCN(CCCN3CCCC3)CC2)[C@H](C)[C@@H](O[C@@H]2O[C@H](C)C[C@H](N(C)C)[C@H]2O)[C@](C)(OC)C[C@@H](C)C(=O)N[C@H](C)[C@@H](O)[C@]1(C)O. The van der Waals surface area contributed by atoms with Crippen molar-refractivity contribution in [2.24, 2.45) is 17.8 Å². The van der Waals surface area contributed by atoms with Gasteiger partial charge >= 0.3 is 11.9 Å². The smallest absolute Gasteiger partial charge is 0.312 e. The van der Waals surface area contributed by atoms with Gasteiger partial charge in [0.2, 0.25) is 5.91 Å². The highest BCUT2D eigenvalue weighted by Gasteiger charge is 2.52. The summed E-state index contributed by atoms with van der Waals surface area (Å²) in [6.07, 6.45) is -1.61. The number of nitrogens with zero attached hydrogens (tertiary/aromatic N) is 4. The molecule has 354 valence electrons. The van der Waals surface area contributed by atoms with Gasteiger partial charge in [0.1, 0.15) is 30.0 Å². The number of hydrogen-bond donors (Lipinski definition) is 4. The van der Waals surface area contributed by atoms with Gasteiger partial charge in [0, 0.05) is 44.6 Å². The van der Waals surface area contributed by atoms with Gasteiger partial charge in [0.25, 0.3) is 0 Å². The lowest BCUT2D eigenvalue weighted by atomic mass is 9.77. The molecule has 1 amide bonds. The van der Waals surface area contributed by atoms with E-state index in [0.29, 0.717) is 13.0 Å². The van der Waals surface area contributed by atoms with Gasteiger partial charge in [-0.3, -0.25) is 14.4 Å². The van der Waals surface area contributed by atoms with E-state index < -0.39 is 89.7 Å². The van der Waals surface area contributed by atoms with E-state index in [1.807, 2.05) is 25.9 Å². The number of esters is 2. The number of methoxy groups -OCH3 is 1. The number of hydrogen-bond acceptors (Lipinski definition) is 15. The number of nitrogens with one attached hydrogen (secondary N) is 1. The van der Waals surface area contributed by atoms with Gasteiger partial charge < -0.3 is 63.9 Å². The van der Waals surface area contributed by atoms with Crippen molar-refractivity contribution in [2.75, 3.05) is 80.1 Å². The molecule has 4 N–H and O–H groups in total. The molecule has 0 spiro atoms. The van der Waals surface area contributed by atoms with Gasteiger partial charge in [-0.1, -0.05) is 20.8 Å². The molecule has 0 aliphatic carbocycles. The molecule has 4 saturated heterocycles. The molecule has 14 atom stereocenters. The first-order chi connectivity index (χ1) is 28.7. The number of amides is 1. The van der Waals surface area contributed by atoms with Gasteiger partial charge in [0.05, 0.1) is 36.2 Å². The standard InChI is InChI=1S/C45H83N5O11/c1-12-35-45(8,56)39(53)33(6)46-41(54)29(2)28-44(7,57-11)40(61-43-37(52)34(47(9)10)27-30(3)58-43)31(4)38(32(5)42(55)59-35)60-36(51)17-24-50-23-16-22-49(25-26-50)21-15-20-48-18-13-14-19-48/h29-35,37-40,43,52-53,56H,12-28H2,1-11H3,(H,46,54)/t29-,30-,31+,32-,33-,34+,35-,37-,38+,39-,40-,43+,44-,45-/m1/s1. The molecule has 61 heavy (non-hydrogen) atoms. The minimum atomic E-state index is -1.95. The Morgan fingerprint density at radius 1 is 0.918 bits per heavy atom. The third kappa shape index (κ3) is 13.8. The van der Waals surface area contributed by atoms with Crippen molar-refractivity contribution >= 4 is 17.8 Å². The highest BCUT2D eigenvalue weighted by atomic mass is 16.7. The lowest BCUT2D eigenvalue weighted by Crippen LogP contribution is -2.60. The molecule has 16 nitrogen and oxygen atoms in total. The van der Waals surface area contributed by atoms with Crippen LogP contribution >= 0.6 is 0 Å². The summed E-state index contributed by atoms with van der Waals surface area (Å²) in [6.45, 7) is 22.3. The second-order valence-electron chi connectivity index (χ2n) is 19.3. The van der Waals surface area contributed by atoms with Crippen molar-refractivity contribution < 1.29 is 53.4 Å². The molecule has 0 radical (unpaired) electrons. The Kier molecular flexibility index (Phi) is 19.7. The molecule has 16 heteroatoms. The number of aliphatic hydroxyl groups excluding tert-OH is 2. The lowest BCUT2D eigenvalue weighted by molar-refractivity contribution is -0.301. The summed E-state index contributed by atoms with van der Waals surface area (Å²) in [5.41, 5.74) is -3.22. The van der Waals surface area contributed by atoms with Crippen molar-refractivity contribution in [3.8, 4) is 0 Å². The number of carbonyl (C=O) groups excluding carboxylic acids is 3. The molecule has 4 heterocycles. The molecular weight excluding hydrogens is 787 g/mol. The second-order valence-corrected chi connectivity index (χ2v) is 19.3. The van der Waals surface area contributed by atoms with E-state index in [4.69, 9.17) is 23.7 Å². The van der Waals surface area contributed by atoms with Crippen LogP contribution in [0, 0.1) is 17.8 Å². The summed E-state index contributed by atoms with van der Waals surface area (Å²) < 4.78 is 31.7. The Bertz CT molecular complexity index is 1390. The first kappa shape index (κ1) is 51.6. The zero-order valence-electron chi connectivity index (χ0n) is 39.3. The van der Waals surface area contributed by atoms with Crippen LogP contribution in [0.4, 0.5) is 0 Å². The van der Waals surface area contributed by atoms with Crippen LogP contribution in [0.25, 0.3) is 0 Å². The van der Waals surface area contributed by atoms with Gasteiger partial charge in [-0.05, 0) is 133 Å². The van der Waals surface area contributed by atoms with Crippen molar-refractivity contribution in [1.29, 1.82) is 0 Å². The highest BCUT2D eigenvalue weighted by molar-refractivity contribution is 5.79. The Morgan fingerprint density at radius 2 is 1.51 bits per heavy atom. The fourth-order valence-corrected chi connectivity index (χ4v) is 10.1. The first-order valence-corrected chi connectivity index (χ1v) is 23.2. The number of likely N-dealkylation sites (tertiary alicyclic amines) is 1. The summed E-state index contributed by atoms with van der Waals surface area (Å²) in [7, 11) is 5.28. The Labute approximate surface area is 366 Å².